The lowest BCUT2D eigenvalue weighted by atomic mass is 10.0. The van der Waals surface area contributed by atoms with Gasteiger partial charge < -0.3 is 4.90 Å². The van der Waals surface area contributed by atoms with Crippen LogP contribution in [0.1, 0.15) is 56.1 Å². The lowest BCUT2D eigenvalue weighted by Crippen LogP contribution is -2.42. The summed E-state index contributed by atoms with van der Waals surface area (Å²) in [4.78, 5) is 15.0. The van der Waals surface area contributed by atoms with Gasteiger partial charge in [-0.2, -0.15) is 0 Å². The van der Waals surface area contributed by atoms with Crippen molar-refractivity contribution in [2.75, 3.05) is 0 Å². The average molecular weight is 348 g/mol. The van der Waals surface area contributed by atoms with Crippen molar-refractivity contribution >= 4 is 18.1 Å². The van der Waals surface area contributed by atoms with Gasteiger partial charge in [-0.25, -0.2) is 0 Å². The van der Waals surface area contributed by atoms with Crippen molar-refractivity contribution in [1.82, 2.24) is 4.90 Å². The van der Waals surface area contributed by atoms with Crippen LogP contribution in [0.3, 0.4) is 0 Å². The van der Waals surface area contributed by atoms with E-state index in [-0.39, 0.29) is 18.0 Å². The zero-order chi connectivity index (χ0) is 19.1. The molecule has 2 aromatic carbocycles. The molecule has 0 aliphatic rings. The highest BCUT2D eigenvalue weighted by Crippen LogP contribution is 2.18. The lowest BCUT2D eigenvalue weighted by molar-refractivity contribution is 0.0643. The molecule has 0 aromatic heterocycles. The van der Waals surface area contributed by atoms with E-state index in [0.717, 1.165) is 16.7 Å². The average Bonchev–Trinajstić information content (AvgIpc) is 2.60. The van der Waals surface area contributed by atoms with Crippen LogP contribution in [0.2, 0.25) is 0 Å². The molecular formula is C24H29NO. The Morgan fingerprint density at radius 2 is 1.46 bits per heavy atom. The van der Waals surface area contributed by atoms with Gasteiger partial charge in [0, 0.05) is 17.6 Å². The summed E-state index contributed by atoms with van der Waals surface area (Å²) in [6.45, 7) is 10.3. The fourth-order valence-corrected chi connectivity index (χ4v) is 3.12. The highest BCUT2D eigenvalue weighted by Gasteiger charge is 2.22. The van der Waals surface area contributed by atoms with Crippen molar-refractivity contribution in [3.8, 4) is 0 Å². The molecule has 0 N–H and O–H groups in total. The van der Waals surface area contributed by atoms with Gasteiger partial charge in [-0.05, 0) is 51.8 Å². The zero-order valence-corrected chi connectivity index (χ0v) is 16.4. The Bertz CT molecular complexity index is 777. The summed E-state index contributed by atoms with van der Waals surface area (Å²) in [5, 5.41) is 0. The lowest BCUT2D eigenvalue weighted by Gasteiger charge is -2.31. The van der Waals surface area contributed by atoms with Gasteiger partial charge in [-0.1, -0.05) is 72.3 Å². The first kappa shape index (κ1) is 19.7. The van der Waals surface area contributed by atoms with Crippen LogP contribution in [0.15, 0.2) is 66.2 Å². The van der Waals surface area contributed by atoms with Crippen LogP contribution in [0.5, 0.6) is 0 Å². The van der Waals surface area contributed by atoms with Crippen molar-refractivity contribution in [2.24, 2.45) is 0 Å². The van der Waals surface area contributed by atoms with Gasteiger partial charge in [-0.15, -0.1) is 0 Å². The Kier molecular flexibility index (Phi) is 6.97. The minimum absolute atomic E-state index is 0.0833. The van der Waals surface area contributed by atoms with E-state index >= 15 is 0 Å². The summed E-state index contributed by atoms with van der Waals surface area (Å²) in [6, 6.07) is 18.4. The van der Waals surface area contributed by atoms with E-state index in [4.69, 9.17) is 0 Å². The van der Waals surface area contributed by atoms with Gasteiger partial charge in [0.25, 0.3) is 5.91 Å². The number of rotatable bonds is 6. The van der Waals surface area contributed by atoms with Crippen LogP contribution in [-0.4, -0.2) is 22.9 Å². The fourth-order valence-electron chi connectivity index (χ4n) is 3.12. The second kappa shape index (κ2) is 9.19. The molecule has 2 aromatic rings. The summed E-state index contributed by atoms with van der Waals surface area (Å²) in [5.41, 5.74) is 4.01. The number of carbonyl (C=O) groups is 1. The molecule has 0 atom stereocenters. The fraction of sp³-hybridized carbons (Fsp3) is 0.292. The number of benzene rings is 2. The van der Waals surface area contributed by atoms with E-state index in [2.05, 4.69) is 58.9 Å². The maximum atomic E-state index is 13.1. The molecule has 0 bridgehead atoms. The van der Waals surface area contributed by atoms with Crippen LogP contribution in [0.4, 0.5) is 0 Å². The van der Waals surface area contributed by atoms with Crippen LogP contribution in [-0.2, 0) is 0 Å². The molecule has 2 heteroatoms. The maximum absolute atomic E-state index is 13.1. The van der Waals surface area contributed by atoms with Gasteiger partial charge in [0.2, 0.25) is 0 Å². The van der Waals surface area contributed by atoms with Crippen molar-refractivity contribution in [3.05, 3.63) is 82.9 Å². The molecule has 0 aliphatic carbocycles. The van der Waals surface area contributed by atoms with E-state index in [1.54, 1.807) is 0 Å². The smallest absolute Gasteiger partial charge is 0.254 e. The maximum Gasteiger partial charge on any atom is 0.254 e. The largest absolute Gasteiger partial charge is 0.334 e. The van der Waals surface area contributed by atoms with E-state index < -0.39 is 0 Å². The molecule has 136 valence electrons. The van der Waals surface area contributed by atoms with Gasteiger partial charge in [0.05, 0.1) is 0 Å². The number of allylic oxidation sites excluding steroid dienone is 2. The third-order valence-electron chi connectivity index (χ3n) is 4.26. The predicted molar refractivity (Wildman–Crippen MR) is 112 cm³/mol. The number of carbonyl (C=O) groups excluding carboxylic acids is 1. The predicted octanol–water partition coefficient (Wildman–Crippen LogP) is 6.06. The van der Waals surface area contributed by atoms with E-state index in [1.807, 2.05) is 53.4 Å². The first-order valence-corrected chi connectivity index (χ1v) is 9.23. The topological polar surface area (TPSA) is 20.3 Å². The van der Waals surface area contributed by atoms with Gasteiger partial charge in [0.1, 0.15) is 0 Å². The molecule has 0 radical (unpaired) electrons. The summed E-state index contributed by atoms with van der Waals surface area (Å²) < 4.78 is 0. The monoisotopic (exact) mass is 347 g/mol. The Hall–Kier alpha value is -2.61. The Balaban J connectivity index is 2.29. The SMILES string of the molecule is CC(/C=C\c1ccccc1C(=O)N(C(C)C)C(C)C)=C\c1ccccc1. The first-order valence-electron chi connectivity index (χ1n) is 9.23. The third kappa shape index (κ3) is 5.19. The van der Waals surface area contributed by atoms with Crippen molar-refractivity contribution in [3.63, 3.8) is 0 Å². The van der Waals surface area contributed by atoms with Crippen LogP contribution in [0.25, 0.3) is 12.2 Å². The number of amides is 1. The molecule has 26 heavy (non-hydrogen) atoms. The van der Waals surface area contributed by atoms with Gasteiger partial charge in [-0.3, -0.25) is 4.79 Å². The zero-order valence-electron chi connectivity index (χ0n) is 16.4. The quantitative estimate of drug-likeness (QED) is 0.581. The van der Waals surface area contributed by atoms with E-state index in [9.17, 15) is 4.79 Å². The van der Waals surface area contributed by atoms with Crippen molar-refractivity contribution in [2.45, 2.75) is 46.7 Å². The van der Waals surface area contributed by atoms with Gasteiger partial charge in [0.15, 0.2) is 0 Å². The molecule has 0 saturated heterocycles. The third-order valence-corrected chi connectivity index (χ3v) is 4.26. The van der Waals surface area contributed by atoms with Crippen molar-refractivity contribution in [1.29, 1.82) is 0 Å². The van der Waals surface area contributed by atoms with Gasteiger partial charge >= 0.3 is 0 Å². The van der Waals surface area contributed by atoms with Crippen LogP contribution >= 0.6 is 0 Å². The minimum Gasteiger partial charge on any atom is -0.334 e. The van der Waals surface area contributed by atoms with E-state index in [0.29, 0.717) is 0 Å². The molecule has 2 nitrogen and oxygen atoms in total. The number of nitrogens with zero attached hydrogens (tertiary/aromatic N) is 1. The highest BCUT2D eigenvalue weighted by molar-refractivity contribution is 5.98. The summed E-state index contributed by atoms with van der Waals surface area (Å²) in [6.07, 6.45) is 6.23. The van der Waals surface area contributed by atoms with Crippen LogP contribution < -0.4 is 0 Å². The Morgan fingerprint density at radius 3 is 2.08 bits per heavy atom. The molecule has 0 aliphatic heterocycles. The van der Waals surface area contributed by atoms with Crippen molar-refractivity contribution < 1.29 is 4.79 Å². The molecule has 2 rings (SSSR count). The Morgan fingerprint density at radius 1 is 0.885 bits per heavy atom. The molecule has 0 fully saturated rings. The molecule has 0 heterocycles. The Labute approximate surface area is 157 Å². The summed E-state index contributed by atoms with van der Waals surface area (Å²) in [5.74, 6) is 0.0833. The standard InChI is InChI=1S/C24H29NO/c1-18(2)25(19(3)4)24(26)23-14-10-9-13-22(23)16-15-20(5)17-21-11-7-6-8-12-21/h6-19H,1-5H3/b16-15-,20-17+. The first-order chi connectivity index (χ1) is 12.4. The summed E-state index contributed by atoms with van der Waals surface area (Å²) >= 11 is 0. The molecule has 0 spiro atoms. The summed E-state index contributed by atoms with van der Waals surface area (Å²) in [7, 11) is 0. The highest BCUT2D eigenvalue weighted by atomic mass is 16.2. The number of hydrogen-bond donors (Lipinski definition) is 0. The second-order valence-electron chi connectivity index (χ2n) is 7.12. The molecule has 0 unspecified atom stereocenters. The second-order valence-corrected chi connectivity index (χ2v) is 7.12. The van der Waals surface area contributed by atoms with E-state index in [1.165, 1.54) is 5.56 Å². The molecule has 0 saturated carbocycles. The van der Waals surface area contributed by atoms with Crippen LogP contribution in [0, 0.1) is 0 Å². The normalized spacial score (nSPS) is 12.2. The minimum atomic E-state index is 0.0833. The molecular weight excluding hydrogens is 318 g/mol. The number of hydrogen-bond acceptors (Lipinski definition) is 1. The molecule has 1 amide bonds.